The first-order valence-corrected chi connectivity index (χ1v) is 13.4. The molecule has 0 aliphatic heterocycles. The maximum absolute atomic E-state index is 13.7. The number of aliphatic hydroxyl groups is 2. The highest BCUT2D eigenvalue weighted by Gasteiger charge is 2.59. The maximum atomic E-state index is 13.7. The Balaban J connectivity index is 1.49. The van der Waals surface area contributed by atoms with Crippen molar-refractivity contribution in [1.29, 1.82) is 0 Å². The number of nitrogens with two attached hydrogens (primary N) is 1. The lowest BCUT2D eigenvalue weighted by Crippen LogP contribution is -2.57. The standard InChI is InChI=1S/C31H28N4O8/c1-35(2)14-23(37)33-19-8-4-15(5-9-19)3-6-16-7-10-22(36)25-20(16)12-17-11-18-13-21(34-43)26(30(32)41)29(40)31(18,42)28(39)24(17)27(25)38/h4-5,7-10,17-18,36,39,42H,11-14H2,1-2H3,(H2,32,41)(H,33,37)/t17-,18+,31+/m1/s1. The van der Waals surface area contributed by atoms with Gasteiger partial charge in [0.1, 0.15) is 22.8 Å². The van der Waals surface area contributed by atoms with Gasteiger partial charge in [-0.25, -0.2) is 0 Å². The minimum absolute atomic E-state index is 0.00139. The molecular formula is C31H28N4O8. The number of ketones is 2. The van der Waals surface area contributed by atoms with E-state index < -0.39 is 51.9 Å². The molecule has 2 amide bonds. The third kappa shape index (κ3) is 4.98. The monoisotopic (exact) mass is 584 g/mol. The number of nitroso groups, excluding NO2 is 1. The van der Waals surface area contributed by atoms with Crippen molar-refractivity contribution in [2.45, 2.75) is 24.9 Å². The second-order valence-corrected chi connectivity index (χ2v) is 11.1. The summed E-state index contributed by atoms with van der Waals surface area (Å²) in [4.78, 5) is 64.0. The van der Waals surface area contributed by atoms with Gasteiger partial charge >= 0.3 is 0 Å². The zero-order valence-corrected chi connectivity index (χ0v) is 23.3. The number of primary amides is 1. The summed E-state index contributed by atoms with van der Waals surface area (Å²) in [6.45, 7) is 0.235. The number of aliphatic hydroxyl groups excluding tert-OH is 1. The third-order valence-electron chi connectivity index (χ3n) is 8.03. The Morgan fingerprint density at radius 2 is 1.79 bits per heavy atom. The van der Waals surface area contributed by atoms with Gasteiger partial charge in [-0.2, -0.15) is 0 Å². The fourth-order valence-corrected chi connectivity index (χ4v) is 6.08. The molecule has 0 bridgehead atoms. The molecule has 0 heterocycles. The zero-order chi connectivity index (χ0) is 31.2. The number of amides is 2. The van der Waals surface area contributed by atoms with Crippen LogP contribution in [0.15, 0.2) is 64.2 Å². The van der Waals surface area contributed by atoms with Gasteiger partial charge in [-0.05, 0) is 80.0 Å². The lowest BCUT2D eigenvalue weighted by atomic mass is 9.60. The summed E-state index contributed by atoms with van der Waals surface area (Å²) in [5, 5.41) is 38.8. The number of Topliss-reactive ketones (excluding diaryl/α,β-unsaturated/α-hetero) is 2. The summed E-state index contributed by atoms with van der Waals surface area (Å²) >= 11 is 0. The number of rotatable bonds is 5. The molecule has 0 spiro atoms. The van der Waals surface area contributed by atoms with Crippen LogP contribution in [0.5, 0.6) is 5.75 Å². The number of allylic oxidation sites excluding steroid dienone is 2. The molecule has 12 nitrogen and oxygen atoms in total. The van der Waals surface area contributed by atoms with Crippen LogP contribution in [0.25, 0.3) is 0 Å². The van der Waals surface area contributed by atoms with Crippen LogP contribution >= 0.6 is 0 Å². The molecule has 5 rings (SSSR count). The molecule has 43 heavy (non-hydrogen) atoms. The van der Waals surface area contributed by atoms with E-state index in [-0.39, 0.29) is 48.6 Å². The normalized spacial score (nSPS) is 22.7. The number of likely N-dealkylation sites (N-methyl/N-ethyl adjacent to an activating group) is 1. The molecule has 3 aliphatic rings. The van der Waals surface area contributed by atoms with Crippen molar-refractivity contribution < 1.29 is 34.5 Å². The highest BCUT2D eigenvalue weighted by Crippen LogP contribution is 2.52. The topological polar surface area (TPSA) is 200 Å². The lowest BCUT2D eigenvalue weighted by molar-refractivity contribution is -0.143. The van der Waals surface area contributed by atoms with Crippen molar-refractivity contribution in [3.8, 4) is 17.6 Å². The summed E-state index contributed by atoms with van der Waals surface area (Å²) in [6, 6.07) is 9.74. The van der Waals surface area contributed by atoms with Crippen molar-refractivity contribution in [3.05, 3.63) is 86.2 Å². The van der Waals surface area contributed by atoms with Gasteiger partial charge in [0.25, 0.3) is 5.91 Å². The molecule has 0 fully saturated rings. The second kappa shape index (κ2) is 10.9. The molecule has 2 aromatic rings. The number of phenolic OH excluding ortho intramolecular Hbond substituents is 1. The van der Waals surface area contributed by atoms with E-state index in [0.717, 1.165) is 0 Å². The number of fused-ring (bicyclic) bond motifs is 3. The molecule has 0 aromatic heterocycles. The maximum Gasteiger partial charge on any atom is 0.254 e. The van der Waals surface area contributed by atoms with Crippen LogP contribution in [0.1, 0.15) is 39.9 Å². The number of aromatic hydroxyl groups is 1. The van der Waals surface area contributed by atoms with E-state index in [2.05, 4.69) is 22.3 Å². The average molecular weight is 585 g/mol. The fraction of sp³-hybridized carbons (Fsp3) is 0.290. The van der Waals surface area contributed by atoms with Crippen LogP contribution in [0.3, 0.4) is 0 Å². The Bertz CT molecular complexity index is 1730. The Morgan fingerprint density at radius 3 is 2.42 bits per heavy atom. The van der Waals surface area contributed by atoms with Crippen molar-refractivity contribution in [1.82, 2.24) is 4.90 Å². The predicted octanol–water partition coefficient (Wildman–Crippen LogP) is 1.69. The minimum Gasteiger partial charge on any atom is -0.508 e. The van der Waals surface area contributed by atoms with Gasteiger partial charge in [-0.1, -0.05) is 11.8 Å². The van der Waals surface area contributed by atoms with Crippen LogP contribution in [0.2, 0.25) is 0 Å². The zero-order valence-electron chi connectivity index (χ0n) is 23.3. The molecule has 0 saturated heterocycles. The van der Waals surface area contributed by atoms with Gasteiger partial charge in [0, 0.05) is 34.7 Å². The van der Waals surface area contributed by atoms with Gasteiger partial charge < -0.3 is 31.3 Å². The molecular weight excluding hydrogens is 556 g/mol. The Hall–Kier alpha value is -5.12. The molecule has 6 N–H and O–H groups in total. The Kier molecular flexibility index (Phi) is 7.47. The number of anilines is 1. The van der Waals surface area contributed by atoms with Crippen molar-refractivity contribution in [3.63, 3.8) is 0 Å². The number of phenols is 1. The summed E-state index contributed by atoms with van der Waals surface area (Å²) < 4.78 is 0. The molecule has 12 heteroatoms. The van der Waals surface area contributed by atoms with Crippen LogP contribution < -0.4 is 11.1 Å². The summed E-state index contributed by atoms with van der Waals surface area (Å²) in [5.41, 5.74) is 3.13. The third-order valence-corrected chi connectivity index (χ3v) is 8.03. The SMILES string of the molecule is CN(C)CC(=O)Nc1ccc(C#Cc2ccc(O)c3c2C[C@H]2C[C@H]4CC(N=O)=C(C(N)=O)C(=O)[C@@]4(O)C(O)=C2C3=O)cc1. The first-order valence-electron chi connectivity index (χ1n) is 13.4. The highest BCUT2D eigenvalue weighted by molar-refractivity contribution is 6.24. The number of hydrogen-bond acceptors (Lipinski definition) is 10. The number of hydrogen-bond donors (Lipinski definition) is 5. The number of nitrogens with zero attached hydrogens (tertiary/aromatic N) is 2. The highest BCUT2D eigenvalue weighted by atomic mass is 16.3. The minimum atomic E-state index is -2.65. The van der Waals surface area contributed by atoms with E-state index in [1.54, 1.807) is 49.3 Å². The summed E-state index contributed by atoms with van der Waals surface area (Å²) in [5.74, 6) is -0.500. The number of carbonyl (C=O) groups is 4. The molecule has 0 saturated carbocycles. The Morgan fingerprint density at radius 1 is 1.09 bits per heavy atom. The molecule has 0 radical (unpaired) electrons. The van der Waals surface area contributed by atoms with Crippen molar-refractivity contribution >= 4 is 29.1 Å². The van der Waals surface area contributed by atoms with Crippen molar-refractivity contribution in [2.75, 3.05) is 26.0 Å². The molecule has 3 aliphatic carbocycles. The van der Waals surface area contributed by atoms with Gasteiger partial charge in [0.15, 0.2) is 11.4 Å². The van der Waals surface area contributed by atoms with Crippen LogP contribution in [-0.4, -0.2) is 69.8 Å². The first kappa shape index (κ1) is 29.4. The van der Waals surface area contributed by atoms with Crippen LogP contribution in [0.4, 0.5) is 5.69 Å². The molecule has 220 valence electrons. The van der Waals surface area contributed by atoms with E-state index in [1.165, 1.54) is 6.07 Å². The largest absolute Gasteiger partial charge is 0.508 e. The Labute approximate surface area is 245 Å². The average Bonchev–Trinajstić information content (AvgIpc) is 2.94. The van der Waals surface area contributed by atoms with E-state index >= 15 is 0 Å². The number of nitrogens with one attached hydrogen (secondary N) is 1. The van der Waals surface area contributed by atoms with Gasteiger partial charge in [0.2, 0.25) is 11.7 Å². The van der Waals surface area contributed by atoms with Crippen LogP contribution in [-0.2, 0) is 20.8 Å². The van der Waals surface area contributed by atoms with E-state index in [1.807, 2.05) is 0 Å². The van der Waals surface area contributed by atoms with E-state index in [9.17, 15) is 39.4 Å². The first-order chi connectivity index (χ1) is 20.4. The van der Waals surface area contributed by atoms with E-state index in [4.69, 9.17) is 5.73 Å². The number of carbonyl (C=O) groups excluding carboxylic acids is 4. The molecule has 2 aromatic carbocycles. The smallest absolute Gasteiger partial charge is 0.254 e. The molecule has 0 unspecified atom stereocenters. The number of benzene rings is 2. The van der Waals surface area contributed by atoms with Gasteiger partial charge in [0.05, 0.1) is 12.1 Å². The lowest BCUT2D eigenvalue weighted by Gasteiger charge is -2.45. The fourth-order valence-electron chi connectivity index (χ4n) is 6.08. The van der Waals surface area contributed by atoms with Crippen molar-refractivity contribution in [2.24, 2.45) is 22.7 Å². The van der Waals surface area contributed by atoms with Crippen LogP contribution in [0, 0.1) is 28.6 Å². The summed E-state index contributed by atoms with van der Waals surface area (Å²) in [7, 11) is 3.58. The quantitative estimate of drug-likeness (QED) is 0.197. The summed E-state index contributed by atoms with van der Waals surface area (Å²) in [6.07, 6.45) is -0.175. The van der Waals surface area contributed by atoms with Gasteiger partial charge in [-0.3, -0.25) is 19.2 Å². The van der Waals surface area contributed by atoms with E-state index in [0.29, 0.717) is 22.4 Å². The molecule has 3 atom stereocenters. The van der Waals surface area contributed by atoms with Gasteiger partial charge in [-0.15, -0.1) is 4.91 Å². The predicted molar refractivity (Wildman–Crippen MR) is 154 cm³/mol. The second-order valence-electron chi connectivity index (χ2n) is 11.1.